The van der Waals surface area contributed by atoms with Gasteiger partial charge in [-0.1, -0.05) is 19.1 Å². The van der Waals surface area contributed by atoms with Gasteiger partial charge in [-0.2, -0.15) is 0 Å². The average molecular weight is 269 g/mol. The molecule has 0 unspecified atom stereocenters. The molecule has 0 atom stereocenters. The van der Waals surface area contributed by atoms with Crippen LogP contribution in [0.3, 0.4) is 0 Å². The van der Waals surface area contributed by atoms with Crippen LogP contribution in [0.15, 0.2) is 36.5 Å². The molecule has 1 aromatic heterocycles. The lowest BCUT2D eigenvalue weighted by Gasteiger charge is -2.06. The summed E-state index contributed by atoms with van der Waals surface area (Å²) in [5, 5.41) is 2.80. The molecule has 2 rings (SSSR count). The number of rotatable bonds is 5. The summed E-state index contributed by atoms with van der Waals surface area (Å²) in [5.74, 6) is 0.745. The van der Waals surface area contributed by atoms with Gasteiger partial charge in [-0.3, -0.25) is 4.79 Å². The third kappa shape index (κ3) is 3.63. The minimum atomic E-state index is -0.0439. The Balaban J connectivity index is 2.16. The summed E-state index contributed by atoms with van der Waals surface area (Å²) >= 11 is 0. The summed E-state index contributed by atoms with van der Waals surface area (Å²) in [6.45, 7) is 4.61. The molecule has 1 aromatic carbocycles. The Labute approximate surface area is 119 Å². The molecule has 20 heavy (non-hydrogen) atoms. The minimum Gasteiger partial charge on any atom is -0.352 e. The summed E-state index contributed by atoms with van der Waals surface area (Å²) in [4.78, 5) is 20.6. The minimum absolute atomic E-state index is 0.0439. The summed E-state index contributed by atoms with van der Waals surface area (Å²) in [6, 6.07) is 9.52. The van der Waals surface area contributed by atoms with E-state index in [-0.39, 0.29) is 5.91 Å². The SMILES string of the molecule is CCNC(=O)c1cccc(Cc2nccc(CC)n2)c1. The van der Waals surface area contributed by atoms with Crippen LogP contribution < -0.4 is 5.32 Å². The van der Waals surface area contributed by atoms with Gasteiger partial charge in [0, 0.05) is 30.4 Å². The van der Waals surface area contributed by atoms with E-state index in [1.54, 1.807) is 6.20 Å². The van der Waals surface area contributed by atoms with Gasteiger partial charge < -0.3 is 5.32 Å². The van der Waals surface area contributed by atoms with E-state index in [1.807, 2.05) is 37.3 Å². The third-order valence-electron chi connectivity index (χ3n) is 3.01. The van der Waals surface area contributed by atoms with E-state index in [1.165, 1.54) is 0 Å². The van der Waals surface area contributed by atoms with Crippen molar-refractivity contribution >= 4 is 5.91 Å². The van der Waals surface area contributed by atoms with E-state index in [2.05, 4.69) is 22.2 Å². The van der Waals surface area contributed by atoms with Gasteiger partial charge in [-0.05, 0) is 37.1 Å². The first-order valence-electron chi connectivity index (χ1n) is 6.90. The Bertz CT molecular complexity index is 596. The molecule has 1 N–H and O–H groups in total. The van der Waals surface area contributed by atoms with Crippen LogP contribution in [0.5, 0.6) is 0 Å². The van der Waals surface area contributed by atoms with Crippen molar-refractivity contribution in [2.24, 2.45) is 0 Å². The standard InChI is InChI=1S/C16H19N3O/c1-3-14-8-9-18-15(19-14)11-12-6-5-7-13(10-12)16(20)17-4-2/h5-10H,3-4,11H2,1-2H3,(H,17,20). The van der Waals surface area contributed by atoms with Crippen LogP contribution in [0, 0.1) is 0 Å². The molecule has 0 saturated carbocycles. The van der Waals surface area contributed by atoms with Gasteiger partial charge in [0.25, 0.3) is 5.91 Å². The molecule has 0 fully saturated rings. The Hall–Kier alpha value is -2.23. The zero-order valence-corrected chi connectivity index (χ0v) is 11.9. The molecule has 0 radical (unpaired) electrons. The summed E-state index contributed by atoms with van der Waals surface area (Å²) in [6.07, 6.45) is 3.32. The lowest BCUT2D eigenvalue weighted by Crippen LogP contribution is -2.22. The molecule has 1 amide bonds. The number of nitrogens with zero attached hydrogens (tertiary/aromatic N) is 2. The Kier molecular flexibility index (Phi) is 4.82. The van der Waals surface area contributed by atoms with Crippen LogP contribution in [0.1, 0.15) is 41.3 Å². The van der Waals surface area contributed by atoms with Gasteiger partial charge in [0.1, 0.15) is 5.82 Å². The molecule has 0 aliphatic rings. The fraction of sp³-hybridized carbons (Fsp3) is 0.312. The topological polar surface area (TPSA) is 54.9 Å². The van der Waals surface area contributed by atoms with Gasteiger partial charge in [-0.15, -0.1) is 0 Å². The molecular weight excluding hydrogens is 250 g/mol. The highest BCUT2D eigenvalue weighted by Gasteiger charge is 2.06. The summed E-state index contributed by atoms with van der Waals surface area (Å²) in [5.41, 5.74) is 2.76. The first-order chi connectivity index (χ1) is 9.72. The van der Waals surface area contributed by atoms with Crippen molar-refractivity contribution in [3.8, 4) is 0 Å². The zero-order valence-electron chi connectivity index (χ0n) is 11.9. The third-order valence-corrected chi connectivity index (χ3v) is 3.01. The predicted molar refractivity (Wildman–Crippen MR) is 78.7 cm³/mol. The molecule has 0 bridgehead atoms. The highest BCUT2D eigenvalue weighted by Crippen LogP contribution is 2.09. The monoisotopic (exact) mass is 269 g/mol. The molecule has 104 valence electrons. The van der Waals surface area contributed by atoms with Gasteiger partial charge >= 0.3 is 0 Å². The molecule has 0 spiro atoms. The van der Waals surface area contributed by atoms with E-state index in [4.69, 9.17) is 0 Å². The maximum absolute atomic E-state index is 11.8. The van der Waals surface area contributed by atoms with E-state index in [0.29, 0.717) is 18.5 Å². The normalized spacial score (nSPS) is 10.3. The van der Waals surface area contributed by atoms with Crippen LogP contribution in [-0.4, -0.2) is 22.4 Å². The second-order valence-corrected chi connectivity index (χ2v) is 4.55. The van der Waals surface area contributed by atoms with Crippen LogP contribution in [0.25, 0.3) is 0 Å². The molecule has 1 heterocycles. The molecule has 4 heteroatoms. The smallest absolute Gasteiger partial charge is 0.251 e. The van der Waals surface area contributed by atoms with Crippen LogP contribution >= 0.6 is 0 Å². The zero-order chi connectivity index (χ0) is 14.4. The van der Waals surface area contributed by atoms with E-state index in [0.717, 1.165) is 23.5 Å². The van der Waals surface area contributed by atoms with Crippen LogP contribution in [-0.2, 0) is 12.8 Å². The molecule has 0 saturated heterocycles. The van der Waals surface area contributed by atoms with E-state index in [9.17, 15) is 4.79 Å². The predicted octanol–water partition coefficient (Wildman–Crippen LogP) is 2.38. The Morgan fingerprint density at radius 1 is 1.25 bits per heavy atom. The number of hydrogen-bond acceptors (Lipinski definition) is 3. The highest BCUT2D eigenvalue weighted by molar-refractivity contribution is 5.94. The number of carbonyl (C=O) groups excluding carboxylic acids is 1. The van der Waals surface area contributed by atoms with Gasteiger partial charge in [0.15, 0.2) is 0 Å². The molecule has 0 aliphatic carbocycles. The number of nitrogens with one attached hydrogen (secondary N) is 1. The molecule has 2 aromatic rings. The van der Waals surface area contributed by atoms with Crippen molar-refractivity contribution in [1.82, 2.24) is 15.3 Å². The number of hydrogen-bond donors (Lipinski definition) is 1. The number of benzene rings is 1. The van der Waals surface area contributed by atoms with Crippen molar-refractivity contribution in [1.29, 1.82) is 0 Å². The maximum atomic E-state index is 11.8. The van der Waals surface area contributed by atoms with Gasteiger partial charge in [-0.25, -0.2) is 9.97 Å². The van der Waals surface area contributed by atoms with Gasteiger partial charge in [0.05, 0.1) is 0 Å². The quantitative estimate of drug-likeness (QED) is 0.906. The van der Waals surface area contributed by atoms with Crippen molar-refractivity contribution in [3.63, 3.8) is 0 Å². The number of aryl methyl sites for hydroxylation is 1. The van der Waals surface area contributed by atoms with E-state index >= 15 is 0 Å². The first-order valence-corrected chi connectivity index (χ1v) is 6.90. The number of aromatic nitrogens is 2. The van der Waals surface area contributed by atoms with Crippen molar-refractivity contribution < 1.29 is 4.79 Å². The number of carbonyl (C=O) groups is 1. The van der Waals surface area contributed by atoms with Crippen molar-refractivity contribution in [2.75, 3.05) is 6.54 Å². The Morgan fingerprint density at radius 3 is 2.85 bits per heavy atom. The first kappa shape index (κ1) is 14.2. The van der Waals surface area contributed by atoms with Gasteiger partial charge in [0.2, 0.25) is 0 Å². The maximum Gasteiger partial charge on any atom is 0.251 e. The fourth-order valence-corrected chi connectivity index (χ4v) is 1.99. The fourth-order valence-electron chi connectivity index (χ4n) is 1.99. The Morgan fingerprint density at radius 2 is 2.10 bits per heavy atom. The molecule has 0 aliphatic heterocycles. The van der Waals surface area contributed by atoms with Crippen molar-refractivity contribution in [2.45, 2.75) is 26.7 Å². The largest absolute Gasteiger partial charge is 0.352 e. The van der Waals surface area contributed by atoms with Crippen molar-refractivity contribution in [3.05, 3.63) is 59.2 Å². The molecule has 4 nitrogen and oxygen atoms in total. The lowest BCUT2D eigenvalue weighted by atomic mass is 10.1. The highest BCUT2D eigenvalue weighted by atomic mass is 16.1. The van der Waals surface area contributed by atoms with Crippen LogP contribution in [0.2, 0.25) is 0 Å². The average Bonchev–Trinajstić information content (AvgIpc) is 2.48. The van der Waals surface area contributed by atoms with E-state index < -0.39 is 0 Å². The summed E-state index contributed by atoms with van der Waals surface area (Å²) in [7, 11) is 0. The van der Waals surface area contributed by atoms with Crippen LogP contribution in [0.4, 0.5) is 0 Å². The second kappa shape index (κ2) is 6.80. The number of amides is 1. The molecular formula is C16H19N3O. The summed E-state index contributed by atoms with van der Waals surface area (Å²) < 4.78 is 0. The second-order valence-electron chi connectivity index (χ2n) is 4.55. The lowest BCUT2D eigenvalue weighted by molar-refractivity contribution is 0.0955.